The van der Waals surface area contributed by atoms with Gasteiger partial charge in [-0.15, -0.1) is 0 Å². The van der Waals surface area contributed by atoms with Gasteiger partial charge in [0.25, 0.3) is 5.56 Å². The second kappa shape index (κ2) is 10.1. The van der Waals surface area contributed by atoms with Gasteiger partial charge in [-0.05, 0) is 61.5 Å². The predicted octanol–water partition coefficient (Wildman–Crippen LogP) is 6.11. The number of hydrogen-bond donors (Lipinski definition) is 1. The maximum Gasteiger partial charge on any atom is 0.416 e. The van der Waals surface area contributed by atoms with E-state index in [1.807, 2.05) is 66.9 Å². The van der Waals surface area contributed by atoms with Crippen LogP contribution in [0.15, 0.2) is 105 Å². The van der Waals surface area contributed by atoms with Crippen LogP contribution in [0.4, 0.5) is 13.2 Å². The topological polar surface area (TPSA) is 50.9 Å². The fraction of sp³-hybridized carbons (Fsp3) is 0.0690. The Balaban J connectivity index is 1.59. The lowest BCUT2D eigenvalue weighted by Crippen LogP contribution is -2.34. The summed E-state index contributed by atoms with van der Waals surface area (Å²) in [6, 6.07) is 25.4. The van der Waals surface area contributed by atoms with E-state index in [1.165, 1.54) is 22.5 Å². The monoisotopic (exact) mass is 518 g/mol. The maximum atomic E-state index is 13.4. The highest BCUT2D eigenvalue weighted by Gasteiger charge is 2.30. The lowest BCUT2D eigenvalue weighted by Gasteiger charge is -2.07. The summed E-state index contributed by atoms with van der Waals surface area (Å²) < 4.78 is 46.7. The van der Waals surface area contributed by atoms with Crippen molar-refractivity contribution in [2.75, 3.05) is 0 Å². The summed E-state index contributed by atoms with van der Waals surface area (Å²) >= 11 is 1.46. The quantitative estimate of drug-likeness (QED) is 0.286. The molecule has 2 aromatic heterocycles. The van der Waals surface area contributed by atoms with Gasteiger partial charge in [-0.1, -0.05) is 59.8 Å². The molecule has 0 atom stereocenters. The second-order valence-corrected chi connectivity index (χ2v) is 9.33. The Morgan fingerprint density at radius 1 is 0.919 bits per heavy atom. The molecule has 186 valence electrons. The number of halogens is 3. The molecule has 0 saturated carbocycles. The van der Waals surface area contributed by atoms with E-state index < -0.39 is 11.7 Å². The molecule has 0 unspecified atom stereocenters. The van der Waals surface area contributed by atoms with Crippen LogP contribution in [-0.4, -0.2) is 9.78 Å². The third-order valence-electron chi connectivity index (χ3n) is 5.69. The highest BCUT2D eigenvalue weighted by Crippen LogP contribution is 2.32. The predicted molar refractivity (Wildman–Crippen MR) is 140 cm³/mol. The van der Waals surface area contributed by atoms with Crippen molar-refractivity contribution in [3.8, 4) is 17.0 Å². The van der Waals surface area contributed by atoms with Gasteiger partial charge >= 0.3 is 6.18 Å². The molecule has 0 bridgehead atoms. The van der Waals surface area contributed by atoms with Crippen LogP contribution in [0.3, 0.4) is 0 Å². The number of aromatic amines is 1. The fourth-order valence-electron chi connectivity index (χ4n) is 3.78. The third kappa shape index (κ3) is 5.49. The van der Waals surface area contributed by atoms with Gasteiger partial charge in [0.1, 0.15) is 11.5 Å². The number of nitrogens with one attached hydrogen (secondary N) is 1. The average Bonchev–Trinajstić information content (AvgIpc) is 3.49. The van der Waals surface area contributed by atoms with Gasteiger partial charge in [-0.25, -0.2) is 4.68 Å². The first-order chi connectivity index (χ1) is 17.8. The van der Waals surface area contributed by atoms with Crippen LogP contribution in [0.2, 0.25) is 0 Å². The fourth-order valence-corrected chi connectivity index (χ4v) is 4.50. The average molecular weight is 519 g/mol. The minimum absolute atomic E-state index is 0.274. The van der Waals surface area contributed by atoms with Gasteiger partial charge in [0.05, 0.1) is 21.8 Å². The molecule has 0 spiro atoms. The Bertz CT molecular complexity index is 1710. The highest BCUT2D eigenvalue weighted by atomic mass is 32.2. The van der Waals surface area contributed by atoms with E-state index in [0.29, 0.717) is 27.6 Å². The zero-order chi connectivity index (χ0) is 26.0. The number of nitrogens with zero attached hydrogens (tertiary/aromatic N) is 1. The van der Waals surface area contributed by atoms with E-state index in [1.54, 1.807) is 24.3 Å². The van der Waals surface area contributed by atoms with Crippen molar-refractivity contribution in [1.29, 1.82) is 0 Å². The van der Waals surface area contributed by atoms with Gasteiger partial charge in [-0.2, -0.15) is 13.2 Å². The zero-order valence-electron chi connectivity index (χ0n) is 19.6. The van der Waals surface area contributed by atoms with E-state index in [2.05, 4.69) is 5.10 Å². The Hall–Kier alpha value is -4.17. The summed E-state index contributed by atoms with van der Waals surface area (Å²) in [7, 11) is 0. The molecule has 5 rings (SSSR count). The molecule has 0 aliphatic rings. The summed E-state index contributed by atoms with van der Waals surface area (Å²) in [5.74, 6) is 0.620. The normalized spacial score (nSPS) is 12.9. The summed E-state index contributed by atoms with van der Waals surface area (Å²) in [6.45, 7) is 2.01. The van der Waals surface area contributed by atoms with Gasteiger partial charge in [0.15, 0.2) is 0 Å². The van der Waals surface area contributed by atoms with E-state index in [0.717, 1.165) is 22.6 Å². The summed E-state index contributed by atoms with van der Waals surface area (Å²) in [4.78, 5) is 14.4. The van der Waals surface area contributed by atoms with E-state index in [-0.39, 0.29) is 11.3 Å². The van der Waals surface area contributed by atoms with Crippen molar-refractivity contribution in [3.63, 3.8) is 0 Å². The van der Waals surface area contributed by atoms with Crippen molar-refractivity contribution in [3.05, 3.63) is 129 Å². The molecule has 0 saturated heterocycles. The van der Waals surface area contributed by atoms with Crippen molar-refractivity contribution in [1.82, 2.24) is 9.78 Å². The number of furan rings is 1. The van der Waals surface area contributed by atoms with Crippen LogP contribution in [0.25, 0.3) is 28.5 Å². The number of thioether (sulfide) groups is 1. The minimum atomic E-state index is -4.45. The highest BCUT2D eigenvalue weighted by molar-refractivity contribution is 8.06. The molecule has 2 heterocycles. The van der Waals surface area contributed by atoms with Crippen molar-refractivity contribution >= 4 is 23.2 Å². The number of aryl methyl sites for hydroxylation is 1. The molecule has 37 heavy (non-hydrogen) atoms. The Morgan fingerprint density at radius 2 is 1.68 bits per heavy atom. The van der Waals surface area contributed by atoms with E-state index >= 15 is 0 Å². The molecule has 0 aliphatic heterocycles. The van der Waals surface area contributed by atoms with Crippen LogP contribution >= 0.6 is 11.8 Å². The second-order valence-electron chi connectivity index (χ2n) is 8.39. The molecule has 0 aliphatic carbocycles. The van der Waals surface area contributed by atoms with Crippen LogP contribution in [0.1, 0.15) is 16.9 Å². The molecule has 4 nitrogen and oxygen atoms in total. The van der Waals surface area contributed by atoms with Crippen LogP contribution in [0, 0.1) is 6.92 Å². The number of hydrogen-bond acceptors (Lipinski definition) is 3. The molecule has 1 N–H and O–H groups in total. The first-order valence-electron chi connectivity index (χ1n) is 11.4. The molecular weight excluding hydrogens is 497 g/mol. The zero-order valence-corrected chi connectivity index (χ0v) is 20.4. The van der Waals surface area contributed by atoms with E-state index in [4.69, 9.17) is 4.42 Å². The number of rotatable bonds is 5. The number of para-hydroxylation sites is 1. The van der Waals surface area contributed by atoms with Gasteiger partial charge in [-0.3, -0.25) is 9.89 Å². The molecule has 8 heteroatoms. The van der Waals surface area contributed by atoms with Crippen molar-refractivity contribution < 1.29 is 17.6 Å². The van der Waals surface area contributed by atoms with E-state index in [9.17, 15) is 18.0 Å². The lowest BCUT2D eigenvalue weighted by atomic mass is 10.1. The maximum absolute atomic E-state index is 13.4. The largest absolute Gasteiger partial charge is 0.457 e. The minimum Gasteiger partial charge on any atom is -0.457 e. The molecule has 5 aromatic rings. The molecule has 3 aromatic carbocycles. The Labute approximate surface area is 214 Å². The van der Waals surface area contributed by atoms with Crippen LogP contribution in [0.5, 0.6) is 0 Å². The smallest absolute Gasteiger partial charge is 0.416 e. The van der Waals surface area contributed by atoms with Gasteiger partial charge in [0.2, 0.25) is 0 Å². The SMILES string of the molecule is Cc1ccc(S/C=c2\[nH]n(-c3ccccc3)c(=O)\c2=C\c2ccc(-c3cccc(C(F)(F)F)c3)o2)cc1. The van der Waals surface area contributed by atoms with Gasteiger partial charge < -0.3 is 4.42 Å². The first-order valence-corrected chi connectivity index (χ1v) is 12.2. The summed E-state index contributed by atoms with van der Waals surface area (Å²) in [5, 5.41) is 5.96. The van der Waals surface area contributed by atoms with Crippen molar-refractivity contribution in [2.45, 2.75) is 18.0 Å². The molecular formula is C29H21F3N2O2S. The van der Waals surface area contributed by atoms with Gasteiger partial charge in [0, 0.05) is 15.9 Å². The lowest BCUT2D eigenvalue weighted by molar-refractivity contribution is -0.137. The summed E-state index contributed by atoms with van der Waals surface area (Å²) in [5.41, 5.74) is 1.09. The number of benzene rings is 3. The summed E-state index contributed by atoms with van der Waals surface area (Å²) in [6.07, 6.45) is -2.86. The molecule has 0 radical (unpaired) electrons. The van der Waals surface area contributed by atoms with Crippen LogP contribution in [-0.2, 0) is 6.18 Å². The third-order valence-corrected chi connectivity index (χ3v) is 6.59. The Morgan fingerprint density at radius 3 is 2.41 bits per heavy atom. The first kappa shape index (κ1) is 24.5. The molecule has 0 fully saturated rings. The van der Waals surface area contributed by atoms with Crippen LogP contribution < -0.4 is 16.1 Å². The van der Waals surface area contributed by atoms with Crippen molar-refractivity contribution in [2.24, 2.45) is 0 Å². The molecule has 0 amide bonds. The number of alkyl halides is 3. The standard InChI is InChI=1S/C29H21F3N2O2S/c1-19-10-13-24(14-11-19)37-18-26-25(28(35)34(33-26)22-8-3-2-4-9-22)17-23-12-15-27(36-23)20-6-5-7-21(16-20)29(30,31)32/h2-18,33H,1H3/b25-17+,26-18-. The number of aromatic nitrogens is 2. The number of H-pyrrole nitrogens is 1. The Kier molecular flexibility index (Phi) is 6.67.